The molecule has 0 atom stereocenters. The number of carbonyl (C=O) groups excluding carboxylic acids is 2. The van der Waals surface area contributed by atoms with E-state index in [0.717, 1.165) is 19.4 Å². The van der Waals surface area contributed by atoms with Crippen LogP contribution < -0.4 is 10.6 Å². The normalized spacial score (nSPS) is 8.71. The van der Waals surface area contributed by atoms with Crippen molar-refractivity contribution < 1.29 is 9.59 Å². The first-order chi connectivity index (χ1) is 7.97. The van der Waals surface area contributed by atoms with Gasteiger partial charge < -0.3 is 10.6 Å². The molecule has 2 N–H and O–H groups in total. The number of amides is 2. The van der Waals surface area contributed by atoms with Crippen LogP contribution in [0.1, 0.15) is 33.6 Å². The quantitative estimate of drug-likeness (QED) is 0.549. The van der Waals surface area contributed by atoms with E-state index in [4.69, 9.17) is 0 Å². The summed E-state index contributed by atoms with van der Waals surface area (Å²) in [6, 6.07) is 0.209. The molecule has 4 heteroatoms. The molecule has 0 aliphatic heterocycles. The molecule has 0 spiro atoms. The average molecular weight is 240 g/mol. The molecule has 2 amide bonds. The summed E-state index contributed by atoms with van der Waals surface area (Å²) < 4.78 is 0. The van der Waals surface area contributed by atoms with Gasteiger partial charge in [-0.1, -0.05) is 26.5 Å². The second-order valence-electron chi connectivity index (χ2n) is 3.72. The van der Waals surface area contributed by atoms with Crippen molar-refractivity contribution in [2.75, 3.05) is 6.54 Å². The largest absolute Gasteiger partial charge is 0.353 e. The highest BCUT2D eigenvalue weighted by Crippen LogP contribution is 1.81. The first-order valence-corrected chi connectivity index (χ1v) is 5.81. The molecule has 0 aliphatic carbocycles. The molecule has 0 aromatic rings. The topological polar surface area (TPSA) is 58.2 Å². The average Bonchev–Trinajstić information content (AvgIpc) is 2.29. The Hall–Kier alpha value is -1.58. The Bertz CT molecular complexity index is 248. The highest BCUT2D eigenvalue weighted by atomic mass is 16.2. The Kier molecular flexibility index (Phi) is 13.1. The Morgan fingerprint density at radius 2 is 1.71 bits per heavy atom. The molecule has 0 saturated heterocycles. The summed E-state index contributed by atoms with van der Waals surface area (Å²) >= 11 is 0. The van der Waals surface area contributed by atoms with Gasteiger partial charge in [0.2, 0.25) is 11.8 Å². The molecule has 17 heavy (non-hydrogen) atoms. The van der Waals surface area contributed by atoms with Crippen molar-refractivity contribution >= 4 is 11.8 Å². The maximum Gasteiger partial charge on any atom is 0.243 e. The molecule has 98 valence electrons. The van der Waals surface area contributed by atoms with Gasteiger partial charge in [0.05, 0.1) is 0 Å². The van der Waals surface area contributed by atoms with Crippen molar-refractivity contribution in [3.05, 3.63) is 25.3 Å². The highest BCUT2D eigenvalue weighted by molar-refractivity contribution is 5.87. The van der Waals surface area contributed by atoms with Gasteiger partial charge in [-0.2, -0.15) is 0 Å². The summed E-state index contributed by atoms with van der Waals surface area (Å²) in [5, 5.41) is 5.31. The molecule has 0 saturated carbocycles. The number of carbonyl (C=O) groups is 2. The molecule has 0 fully saturated rings. The summed E-state index contributed by atoms with van der Waals surface area (Å²) in [5.41, 5.74) is 0. The molecular weight excluding hydrogens is 216 g/mol. The van der Waals surface area contributed by atoms with E-state index in [0.29, 0.717) is 0 Å². The SMILES string of the molecule is C=CC(=O)NC(C)C.C=CC(=O)NCCCC. The lowest BCUT2D eigenvalue weighted by atomic mass is 10.3. The lowest BCUT2D eigenvalue weighted by molar-refractivity contribution is -0.117. The Morgan fingerprint density at radius 3 is 2.00 bits per heavy atom. The van der Waals surface area contributed by atoms with Crippen molar-refractivity contribution in [1.29, 1.82) is 0 Å². The molecular formula is C13H24N2O2. The molecule has 0 aliphatic rings. The van der Waals surface area contributed by atoms with Crippen LogP contribution in [0, 0.1) is 0 Å². The van der Waals surface area contributed by atoms with Crippen LogP contribution in [0.3, 0.4) is 0 Å². The molecule has 4 nitrogen and oxygen atoms in total. The number of rotatable bonds is 6. The second-order valence-corrected chi connectivity index (χ2v) is 3.72. The van der Waals surface area contributed by atoms with Crippen LogP contribution in [-0.2, 0) is 9.59 Å². The molecule has 0 bridgehead atoms. The van der Waals surface area contributed by atoms with E-state index in [1.54, 1.807) is 0 Å². The van der Waals surface area contributed by atoms with Crippen molar-refractivity contribution in [3.8, 4) is 0 Å². The third-order valence-corrected chi connectivity index (χ3v) is 1.63. The number of hydrogen-bond acceptors (Lipinski definition) is 2. The highest BCUT2D eigenvalue weighted by Gasteiger charge is 1.93. The van der Waals surface area contributed by atoms with Gasteiger partial charge in [0.15, 0.2) is 0 Å². The van der Waals surface area contributed by atoms with Gasteiger partial charge in [0.1, 0.15) is 0 Å². The lowest BCUT2D eigenvalue weighted by Gasteiger charge is -2.02. The van der Waals surface area contributed by atoms with Gasteiger partial charge in [-0.05, 0) is 32.4 Å². The molecule has 0 unspecified atom stereocenters. The van der Waals surface area contributed by atoms with Gasteiger partial charge in [-0.25, -0.2) is 0 Å². The van der Waals surface area contributed by atoms with Crippen molar-refractivity contribution in [2.45, 2.75) is 39.7 Å². The molecule has 0 radical (unpaired) electrons. The summed E-state index contributed by atoms with van der Waals surface area (Å²) in [4.78, 5) is 20.9. The van der Waals surface area contributed by atoms with Crippen LogP contribution in [0.15, 0.2) is 25.3 Å². The van der Waals surface area contributed by atoms with E-state index in [1.807, 2.05) is 13.8 Å². The zero-order chi connectivity index (χ0) is 13.7. The van der Waals surface area contributed by atoms with Crippen molar-refractivity contribution in [3.63, 3.8) is 0 Å². The maximum absolute atomic E-state index is 10.5. The van der Waals surface area contributed by atoms with Gasteiger partial charge in [-0.15, -0.1) is 0 Å². The fourth-order valence-electron chi connectivity index (χ4n) is 0.804. The van der Waals surface area contributed by atoms with Crippen molar-refractivity contribution in [1.82, 2.24) is 10.6 Å². The number of nitrogens with one attached hydrogen (secondary N) is 2. The summed E-state index contributed by atoms with van der Waals surface area (Å²) in [7, 11) is 0. The third kappa shape index (κ3) is 17.1. The second kappa shape index (κ2) is 12.5. The summed E-state index contributed by atoms with van der Waals surface area (Å²) in [5.74, 6) is -0.191. The van der Waals surface area contributed by atoms with Gasteiger partial charge in [0, 0.05) is 12.6 Å². The van der Waals surface area contributed by atoms with E-state index in [-0.39, 0.29) is 17.9 Å². The van der Waals surface area contributed by atoms with Crippen LogP contribution in [0.5, 0.6) is 0 Å². The van der Waals surface area contributed by atoms with Crippen LogP contribution in [0.25, 0.3) is 0 Å². The third-order valence-electron chi connectivity index (χ3n) is 1.63. The lowest BCUT2D eigenvalue weighted by Crippen LogP contribution is -2.27. The monoisotopic (exact) mass is 240 g/mol. The van der Waals surface area contributed by atoms with Crippen LogP contribution in [0.2, 0.25) is 0 Å². The molecule has 0 rings (SSSR count). The Morgan fingerprint density at radius 1 is 1.18 bits per heavy atom. The Balaban J connectivity index is 0. The van der Waals surface area contributed by atoms with E-state index in [9.17, 15) is 9.59 Å². The zero-order valence-electron chi connectivity index (χ0n) is 11.1. The van der Waals surface area contributed by atoms with E-state index < -0.39 is 0 Å². The molecule has 0 aromatic heterocycles. The number of hydrogen-bond donors (Lipinski definition) is 2. The summed E-state index contributed by atoms with van der Waals surface area (Å²) in [6.45, 7) is 13.3. The van der Waals surface area contributed by atoms with Crippen LogP contribution >= 0.6 is 0 Å². The first kappa shape index (κ1) is 17.8. The molecule has 0 heterocycles. The van der Waals surface area contributed by atoms with E-state index in [2.05, 4.69) is 30.7 Å². The smallest absolute Gasteiger partial charge is 0.243 e. The minimum atomic E-state index is -0.111. The van der Waals surface area contributed by atoms with Gasteiger partial charge >= 0.3 is 0 Å². The predicted octanol–water partition coefficient (Wildman–Crippen LogP) is 1.79. The Labute approximate surface area is 104 Å². The first-order valence-electron chi connectivity index (χ1n) is 5.81. The van der Waals surface area contributed by atoms with Gasteiger partial charge in [-0.3, -0.25) is 9.59 Å². The predicted molar refractivity (Wildman–Crippen MR) is 71.6 cm³/mol. The zero-order valence-corrected chi connectivity index (χ0v) is 11.1. The minimum Gasteiger partial charge on any atom is -0.353 e. The maximum atomic E-state index is 10.5. The molecule has 0 aromatic carbocycles. The fraction of sp³-hybridized carbons (Fsp3) is 0.538. The van der Waals surface area contributed by atoms with Crippen LogP contribution in [-0.4, -0.2) is 24.4 Å². The van der Waals surface area contributed by atoms with E-state index >= 15 is 0 Å². The van der Waals surface area contributed by atoms with Crippen LogP contribution in [0.4, 0.5) is 0 Å². The summed E-state index contributed by atoms with van der Waals surface area (Å²) in [6.07, 6.45) is 4.70. The number of unbranched alkanes of at least 4 members (excludes halogenated alkanes) is 1. The minimum absolute atomic E-state index is 0.0801. The standard InChI is InChI=1S/C7H13NO.C6H11NO/c1-3-5-6-8-7(9)4-2;1-4-6(8)7-5(2)3/h4H,2-3,5-6H2,1H3,(H,8,9);4-5H,1H2,2-3H3,(H,7,8). The van der Waals surface area contributed by atoms with E-state index in [1.165, 1.54) is 12.2 Å². The van der Waals surface area contributed by atoms with Crippen molar-refractivity contribution in [2.24, 2.45) is 0 Å². The fourth-order valence-corrected chi connectivity index (χ4v) is 0.804. The van der Waals surface area contributed by atoms with Gasteiger partial charge in [0.25, 0.3) is 0 Å².